The third-order valence-corrected chi connectivity index (χ3v) is 6.83. The summed E-state index contributed by atoms with van der Waals surface area (Å²) in [6.45, 7) is 4.16. The molecule has 1 heterocycles. The van der Waals surface area contributed by atoms with E-state index in [9.17, 15) is 13.6 Å². The van der Waals surface area contributed by atoms with Gasteiger partial charge in [-0.05, 0) is 30.4 Å². The normalized spacial score (nSPS) is 14.6. The number of hydrogen-bond donors (Lipinski definition) is 4. The molecule has 6 N–H and O–H groups in total. The second-order valence-corrected chi connectivity index (χ2v) is 9.89. The maximum Gasteiger partial charge on any atom is 0.212 e. The highest BCUT2D eigenvalue weighted by Crippen LogP contribution is 2.31. The van der Waals surface area contributed by atoms with Crippen LogP contribution in [0.4, 0.5) is 19.7 Å². The van der Waals surface area contributed by atoms with Crippen molar-refractivity contribution in [2.24, 2.45) is 10.6 Å². The number of nitrogens with two attached hydrogens (primary N) is 2. The summed E-state index contributed by atoms with van der Waals surface area (Å²) in [5, 5.41) is 17.6. The van der Waals surface area contributed by atoms with Gasteiger partial charge in [0, 0.05) is 18.4 Å². The summed E-state index contributed by atoms with van der Waals surface area (Å²) in [6, 6.07) is 3.62. The van der Waals surface area contributed by atoms with Crippen molar-refractivity contribution < 1.29 is 18.7 Å². The molecular weight excluding hydrogens is 442 g/mol. The lowest BCUT2D eigenvalue weighted by molar-refractivity contribution is 0.103. The lowest BCUT2D eigenvalue weighted by Gasteiger charge is -2.22. The van der Waals surface area contributed by atoms with Crippen LogP contribution >= 0.6 is 23.3 Å². The predicted molar refractivity (Wildman–Crippen MR) is 124 cm³/mol. The maximum absolute atomic E-state index is 13.8. The van der Waals surface area contributed by atoms with E-state index in [-0.39, 0.29) is 22.7 Å². The molecular formula is C21H30F2N4O2S2. The molecule has 0 spiro atoms. The molecule has 0 aliphatic heterocycles. The second kappa shape index (κ2) is 11.8. The Hall–Kier alpha value is -1.75. The summed E-state index contributed by atoms with van der Waals surface area (Å²) in [5.74, 6) is -1.76. The van der Waals surface area contributed by atoms with Crippen LogP contribution in [0.3, 0.4) is 0 Å². The Kier molecular flexibility index (Phi) is 9.67. The van der Waals surface area contributed by atoms with Crippen molar-refractivity contribution in [1.29, 1.82) is 0 Å². The standard InChI is InChI=1S/C16H17F2N3OS.C5H13NOS/c17-10-7-4-8-11(18)12(10)13(22)14-15(19)21-16(23-14)20-9-5-2-1-3-6-9;1-5(2,3-7)4-8-6/h4,7-9H,1-3,5-6,19H2,(H,20,21);7H,3-4,6H2,1-2H3. The molecule has 1 aliphatic rings. The zero-order valence-corrected chi connectivity index (χ0v) is 19.4. The SMILES string of the molecule is CC(C)(CO)CSN.Nc1nc(NC2CCCCC2)sc1C(=O)c1c(F)cccc1F. The quantitative estimate of drug-likeness (QED) is 0.344. The number of carbonyl (C=O) groups excluding carboxylic acids is 1. The second-order valence-electron chi connectivity index (χ2n) is 8.27. The zero-order valence-electron chi connectivity index (χ0n) is 17.8. The van der Waals surface area contributed by atoms with E-state index in [1.807, 2.05) is 13.8 Å². The van der Waals surface area contributed by atoms with Crippen LogP contribution in [-0.2, 0) is 0 Å². The van der Waals surface area contributed by atoms with Gasteiger partial charge < -0.3 is 16.2 Å². The number of nitrogens with zero attached hydrogens (tertiary/aromatic N) is 1. The van der Waals surface area contributed by atoms with Gasteiger partial charge in [0.1, 0.15) is 22.3 Å². The van der Waals surface area contributed by atoms with Gasteiger partial charge in [0.25, 0.3) is 0 Å². The number of aliphatic hydroxyl groups is 1. The van der Waals surface area contributed by atoms with Crippen molar-refractivity contribution in [3.63, 3.8) is 0 Å². The minimum absolute atomic E-state index is 0.000891. The van der Waals surface area contributed by atoms with Gasteiger partial charge in [-0.2, -0.15) is 0 Å². The summed E-state index contributed by atoms with van der Waals surface area (Å²) >= 11 is 2.32. The van der Waals surface area contributed by atoms with Gasteiger partial charge in [-0.15, -0.1) is 0 Å². The maximum atomic E-state index is 13.8. The predicted octanol–water partition coefficient (Wildman–Crippen LogP) is 4.59. The number of thiazole rings is 1. The monoisotopic (exact) mass is 472 g/mol. The summed E-state index contributed by atoms with van der Waals surface area (Å²) in [6.07, 6.45) is 5.64. The molecule has 0 saturated heterocycles. The summed E-state index contributed by atoms with van der Waals surface area (Å²) in [7, 11) is 0. The average molecular weight is 473 g/mol. The van der Waals surface area contributed by atoms with Crippen LogP contribution in [0.2, 0.25) is 0 Å². The van der Waals surface area contributed by atoms with Gasteiger partial charge >= 0.3 is 0 Å². The molecule has 0 bridgehead atoms. The highest BCUT2D eigenvalue weighted by Gasteiger charge is 2.25. The molecule has 0 amide bonds. The van der Waals surface area contributed by atoms with Gasteiger partial charge in [-0.3, -0.25) is 9.93 Å². The number of benzene rings is 1. The van der Waals surface area contributed by atoms with Gasteiger partial charge in [-0.25, -0.2) is 13.8 Å². The van der Waals surface area contributed by atoms with Crippen molar-refractivity contribution in [3.05, 3.63) is 40.3 Å². The molecule has 1 aromatic carbocycles. The molecule has 0 atom stereocenters. The molecule has 10 heteroatoms. The van der Waals surface area contributed by atoms with Crippen molar-refractivity contribution >= 4 is 40.0 Å². The fraction of sp³-hybridized carbons (Fsp3) is 0.524. The number of carbonyl (C=O) groups is 1. The Morgan fingerprint density at radius 3 is 2.42 bits per heavy atom. The number of nitrogen functional groups attached to an aromatic ring is 1. The molecule has 6 nitrogen and oxygen atoms in total. The van der Waals surface area contributed by atoms with E-state index < -0.39 is 23.0 Å². The molecule has 1 fully saturated rings. The Labute approximate surface area is 190 Å². The van der Waals surface area contributed by atoms with E-state index in [1.54, 1.807) is 0 Å². The minimum atomic E-state index is -0.899. The van der Waals surface area contributed by atoms with Crippen molar-refractivity contribution in [2.75, 3.05) is 23.4 Å². The van der Waals surface area contributed by atoms with E-state index in [0.29, 0.717) is 11.2 Å². The Morgan fingerprint density at radius 1 is 1.29 bits per heavy atom. The van der Waals surface area contributed by atoms with E-state index in [0.717, 1.165) is 54.9 Å². The van der Waals surface area contributed by atoms with Crippen LogP contribution in [0.5, 0.6) is 0 Å². The summed E-state index contributed by atoms with van der Waals surface area (Å²) in [4.78, 5) is 16.6. The third kappa shape index (κ3) is 7.41. The number of aliphatic hydroxyl groups excluding tert-OH is 1. The van der Waals surface area contributed by atoms with Crippen molar-refractivity contribution in [3.8, 4) is 0 Å². The average Bonchev–Trinajstić information content (AvgIpc) is 3.09. The molecule has 172 valence electrons. The van der Waals surface area contributed by atoms with Crippen LogP contribution in [-0.4, -0.2) is 34.3 Å². The van der Waals surface area contributed by atoms with Crippen molar-refractivity contribution in [1.82, 2.24) is 4.98 Å². The lowest BCUT2D eigenvalue weighted by Crippen LogP contribution is -2.22. The molecule has 0 unspecified atom stereocenters. The lowest BCUT2D eigenvalue weighted by atomic mass is 9.96. The van der Waals surface area contributed by atoms with Crippen LogP contribution in [0.25, 0.3) is 0 Å². The fourth-order valence-electron chi connectivity index (χ4n) is 3.08. The van der Waals surface area contributed by atoms with Gasteiger partial charge in [0.15, 0.2) is 5.13 Å². The highest BCUT2D eigenvalue weighted by molar-refractivity contribution is 7.97. The first-order chi connectivity index (χ1) is 14.7. The molecule has 2 aromatic rings. The van der Waals surface area contributed by atoms with E-state index in [1.165, 1.54) is 24.4 Å². The smallest absolute Gasteiger partial charge is 0.212 e. The number of nitrogens with one attached hydrogen (secondary N) is 1. The first-order valence-corrected chi connectivity index (χ1v) is 12.0. The number of anilines is 2. The van der Waals surface area contributed by atoms with Crippen molar-refractivity contribution in [2.45, 2.75) is 52.0 Å². The number of rotatable bonds is 7. The fourth-order valence-corrected chi connectivity index (χ4v) is 4.53. The first kappa shape index (κ1) is 25.5. The van der Waals surface area contributed by atoms with E-state index in [2.05, 4.69) is 10.3 Å². The Morgan fingerprint density at radius 2 is 1.90 bits per heavy atom. The largest absolute Gasteiger partial charge is 0.396 e. The number of halogens is 2. The molecule has 1 aromatic heterocycles. The van der Waals surface area contributed by atoms with Crippen LogP contribution < -0.4 is 16.2 Å². The topological polar surface area (TPSA) is 114 Å². The Bertz CT molecular complexity index is 851. The number of ketones is 1. The van der Waals surface area contributed by atoms with Gasteiger partial charge in [0.05, 0.1) is 5.56 Å². The summed E-state index contributed by atoms with van der Waals surface area (Å²) < 4.78 is 27.5. The Balaban J connectivity index is 0.000000366. The number of aromatic nitrogens is 1. The van der Waals surface area contributed by atoms with E-state index >= 15 is 0 Å². The third-order valence-electron chi connectivity index (χ3n) is 4.88. The molecule has 3 rings (SSSR count). The van der Waals surface area contributed by atoms with E-state index in [4.69, 9.17) is 16.0 Å². The van der Waals surface area contributed by atoms with Gasteiger partial charge in [0.2, 0.25) is 5.78 Å². The minimum Gasteiger partial charge on any atom is -0.396 e. The molecule has 1 aliphatic carbocycles. The van der Waals surface area contributed by atoms with Crippen LogP contribution in [0.1, 0.15) is 61.2 Å². The molecule has 1 saturated carbocycles. The highest BCUT2D eigenvalue weighted by atomic mass is 32.2. The molecule has 0 radical (unpaired) electrons. The number of hydrogen-bond acceptors (Lipinski definition) is 8. The van der Waals surface area contributed by atoms with Crippen LogP contribution in [0, 0.1) is 17.0 Å². The zero-order chi connectivity index (χ0) is 23.0. The molecule has 31 heavy (non-hydrogen) atoms. The van der Waals surface area contributed by atoms with Gasteiger partial charge in [-0.1, -0.05) is 62.5 Å². The first-order valence-electron chi connectivity index (χ1n) is 10.1. The summed E-state index contributed by atoms with van der Waals surface area (Å²) in [5.41, 5.74) is 5.17. The van der Waals surface area contributed by atoms with Crippen LogP contribution in [0.15, 0.2) is 18.2 Å².